The van der Waals surface area contributed by atoms with Crippen molar-refractivity contribution < 1.29 is 4.74 Å². The van der Waals surface area contributed by atoms with Gasteiger partial charge in [0.05, 0.1) is 13.2 Å². The first-order valence-electron chi connectivity index (χ1n) is 5.04. The molecular formula is C13H11ClO. The van der Waals surface area contributed by atoms with Gasteiger partial charge in [-0.15, -0.1) is 11.6 Å². The van der Waals surface area contributed by atoms with Crippen LogP contribution in [0.3, 0.4) is 0 Å². The van der Waals surface area contributed by atoms with Crippen molar-refractivity contribution in [2.24, 2.45) is 0 Å². The average Bonchev–Trinajstić information content (AvgIpc) is 2.25. The second-order valence-electron chi connectivity index (χ2n) is 4.02. The van der Waals surface area contributed by atoms with Gasteiger partial charge in [0.15, 0.2) is 0 Å². The zero-order valence-electron chi connectivity index (χ0n) is 8.24. The van der Waals surface area contributed by atoms with Gasteiger partial charge in [-0.25, -0.2) is 0 Å². The normalized spacial score (nSPS) is 18.7. The van der Waals surface area contributed by atoms with E-state index in [1.165, 1.54) is 10.8 Å². The largest absolute Gasteiger partial charge is 0.377 e. The molecular weight excluding hydrogens is 208 g/mol. The summed E-state index contributed by atoms with van der Waals surface area (Å²) in [6, 6.07) is 14.7. The molecule has 0 spiro atoms. The predicted molar refractivity (Wildman–Crippen MR) is 62.3 cm³/mol. The third-order valence-corrected chi connectivity index (χ3v) is 3.36. The Bertz CT molecular complexity index is 503. The van der Waals surface area contributed by atoms with E-state index in [2.05, 4.69) is 30.3 Å². The predicted octanol–water partition coefficient (Wildman–Crippen LogP) is 3.30. The maximum atomic E-state index is 6.41. The highest BCUT2D eigenvalue weighted by molar-refractivity contribution is 6.25. The van der Waals surface area contributed by atoms with E-state index in [9.17, 15) is 0 Å². The molecule has 0 radical (unpaired) electrons. The fraction of sp³-hybridized carbons (Fsp3) is 0.231. The van der Waals surface area contributed by atoms with E-state index in [4.69, 9.17) is 16.3 Å². The van der Waals surface area contributed by atoms with Gasteiger partial charge >= 0.3 is 0 Å². The topological polar surface area (TPSA) is 9.23 Å². The maximum Gasteiger partial charge on any atom is 0.116 e. The monoisotopic (exact) mass is 218 g/mol. The molecule has 0 amide bonds. The number of hydrogen-bond acceptors (Lipinski definition) is 1. The first-order chi connectivity index (χ1) is 7.28. The Balaban J connectivity index is 2.14. The molecule has 0 saturated carbocycles. The smallest absolute Gasteiger partial charge is 0.116 e. The van der Waals surface area contributed by atoms with Crippen LogP contribution in [0.4, 0.5) is 0 Å². The van der Waals surface area contributed by atoms with Crippen LogP contribution in [0.5, 0.6) is 0 Å². The lowest BCUT2D eigenvalue weighted by Crippen LogP contribution is -2.41. The standard InChI is InChI=1S/C13H11ClO/c14-13(8-15-9-13)12-6-5-10-3-1-2-4-11(10)7-12/h1-7H,8-9H2. The fourth-order valence-electron chi connectivity index (χ4n) is 1.92. The van der Waals surface area contributed by atoms with E-state index in [0.717, 1.165) is 5.56 Å². The van der Waals surface area contributed by atoms with Gasteiger partial charge < -0.3 is 4.74 Å². The van der Waals surface area contributed by atoms with Crippen LogP contribution >= 0.6 is 11.6 Å². The van der Waals surface area contributed by atoms with Crippen molar-refractivity contribution in [1.82, 2.24) is 0 Å². The van der Waals surface area contributed by atoms with Crippen LogP contribution in [-0.2, 0) is 9.61 Å². The molecule has 0 aromatic heterocycles. The third-order valence-electron chi connectivity index (χ3n) is 2.93. The SMILES string of the molecule is ClC1(c2ccc3ccccc3c2)COC1. The van der Waals surface area contributed by atoms with Crippen LogP contribution in [0, 0.1) is 0 Å². The highest BCUT2D eigenvalue weighted by Crippen LogP contribution is 2.37. The highest BCUT2D eigenvalue weighted by atomic mass is 35.5. The number of alkyl halides is 1. The van der Waals surface area contributed by atoms with Crippen molar-refractivity contribution in [3.05, 3.63) is 48.0 Å². The van der Waals surface area contributed by atoms with E-state index < -0.39 is 0 Å². The Morgan fingerprint density at radius 2 is 1.73 bits per heavy atom. The first-order valence-corrected chi connectivity index (χ1v) is 5.42. The Morgan fingerprint density at radius 3 is 2.40 bits per heavy atom. The maximum absolute atomic E-state index is 6.41. The van der Waals surface area contributed by atoms with Crippen molar-refractivity contribution in [2.75, 3.05) is 13.2 Å². The second kappa shape index (κ2) is 3.22. The lowest BCUT2D eigenvalue weighted by Gasteiger charge is -2.36. The molecule has 76 valence electrons. The lowest BCUT2D eigenvalue weighted by molar-refractivity contribution is -0.0151. The number of halogens is 1. The molecule has 0 unspecified atom stereocenters. The summed E-state index contributed by atoms with van der Waals surface area (Å²) in [7, 11) is 0. The average molecular weight is 219 g/mol. The van der Waals surface area contributed by atoms with Gasteiger partial charge in [0.1, 0.15) is 4.87 Å². The summed E-state index contributed by atoms with van der Waals surface area (Å²) in [4.78, 5) is -0.288. The molecule has 2 aromatic rings. The summed E-state index contributed by atoms with van der Waals surface area (Å²) in [5, 5.41) is 2.49. The van der Waals surface area contributed by atoms with Gasteiger partial charge in [0, 0.05) is 0 Å². The van der Waals surface area contributed by atoms with E-state index in [0.29, 0.717) is 13.2 Å². The minimum absolute atomic E-state index is 0.288. The van der Waals surface area contributed by atoms with Crippen LogP contribution in [-0.4, -0.2) is 13.2 Å². The first kappa shape index (κ1) is 9.20. The molecule has 0 N–H and O–H groups in total. The number of rotatable bonds is 1. The van der Waals surface area contributed by atoms with Gasteiger partial charge in [-0.1, -0.05) is 36.4 Å². The summed E-state index contributed by atoms with van der Waals surface area (Å²) in [5.41, 5.74) is 1.16. The zero-order valence-corrected chi connectivity index (χ0v) is 9.00. The molecule has 15 heavy (non-hydrogen) atoms. The van der Waals surface area contributed by atoms with Crippen LogP contribution in [0.2, 0.25) is 0 Å². The van der Waals surface area contributed by atoms with Gasteiger partial charge in [0.25, 0.3) is 0 Å². The molecule has 1 aliphatic rings. The summed E-state index contributed by atoms with van der Waals surface area (Å²) in [6.07, 6.45) is 0. The lowest BCUT2D eigenvalue weighted by atomic mass is 9.94. The number of benzene rings is 2. The van der Waals surface area contributed by atoms with Crippen molar-refractivity contribution in [3.63, 3.8) is 0 Å². The molecule has 3 rings (SSSR count). The van der Waals surface area contributed by atoms with Crippen molar-refractivity contribution >= 4 is 22.4 Å². The minimum Gasteiger partial charge on any atom is -0.377 e. The van der Waals surface area contributed by atoms with E-state index in [-0.39, 0.29) is 4.87 Å². The molecule has 1 fully saturated rings. The Kier molecular flexibility index (Phi) is 1.98. The third kappa shape index (κ3) is 1.43. The summed E-state index contributed by atoms with van der Waals surface area (Å²) < 4.78 is 5.17. The van der Waals surface area contributed by atoms with E-state index in [1.807, 2.05) is 12.1 Å². The summed E-state index contributed by atoms with van der Waals surface area (Å²) >= 11 is 6.41. The van der Waals surface area contributed by atoms with Crippen LogP contribution in [0.25, 0.3) is 10.8 Å². The number of hydrogen-bond donors (Lipinski definition) is 0. The molecule has 1 aliphatic heterocycles. The Hall–Kier alpha value is -1.05. The van der Waals surface area contributed by atoms with E-state index >= 15 is 0 Å². The van der Waals surface area contributed by atoms with Crippen molar-refractivity contribution in [2.45, 2.75) is 4.87 Å². The molecule has 2 heteroatoms. The summed E-state index contributed by atoms with van der Waals surface area (Å²) in [6.45, 7) is 1.24. The molecule has 1 heterocycles. The molecule has 0 bridgehead atoms. The Morgan fingerprint density at radius 1 is 1.00 bits per heavy atom. The highest BCUT2D eigenvalue weighted by Gasteiger charge is 2.38. The number of fused-ring (bicyclic) bond motifs is 1. The Labute approximate surface area is 93.6 Å². The van der Waals surface area contributed by atoms with Crippen LogP contribution in [0.15, 0.2) is 42.5 Å². The fourth-order valence-corrected chi connectivity index (χ4v) is 2.19. The minimum atomic E-state index is -0.288. The second-order valence-corrected chi connectivity index (χ2v) is 4.74. The van der Waals surface area contributed by atoms with Gasteiger partial charge in [-0.05, 0) is 22.4 Å². The van der Waals surface area contributed by atoms with Crippen molar-refractivity contribution in [1.29, 1.82) is 0 Å². The number of ether oxygens (including phenoxy) is 1. The zero-order chi connectivity index (χ0) is 10.3. The molecule has 1 nitrogen and oxygen atoms in total. The van der Waals surface area contributed by atoms with E-state index in [1.54, 1.807) is 0 Å². The van der Waals surface area contributed by atoms with Gasteiger partial charge in [0.2, 0.25) is 0 Å². The van der Waals surface area contributed by atoms with Crippen LogP contribution < -0.4 is 0 Å². The quantitative estimate of drug-likeness (QED) is 0.668. The molecule has 1 saturated heterocycles. The van der Waals surface area contributed by atoms with Crippen molar-refractivity contribution in [3.8, 4) is 0 Å². The molecule has 2 aromatic carbocycles. The molecule has 0 aliphatic carbocycles. The van der Waals surface area contributed by atoms with Crippen LogP contribution in [0.1, 0.15) is 5.56 Å². The molecule has 0 atom stereocenters. The summed E-state index contributed by atoms with van der Waals surface area (Å²) in [5.74, 6) is 0. The van der Waals surface area contributed by atoms with Gasteiger partial charge in [-0.2, -0.15) is 0 Å². The van der Waals surface area contributed by atoms with Gasteiger partial charge in [-0.3, -0.25) is 0 Å².